The standard InChI is InChI=1S/C23H25N5O3S2/c1-15(2)14-24-33(30,31)19-11-9-18(10-12-19)25-22(29)16(3)32-23-27-26-21-13-8-17-6-4-5-7-20(17)28(21)23/h4-13,15-16,24H,14H2,1-3H3,(H,25,29). The fourth-order valence-electron chi connectivity index (χ4n) is 3.22. The van der Waals surface area contributed by atoms with E-state index in [1.165, 1.54) is 23.9 Å². The SMILES string of the molecule is CC(C)CNS(=O)(=O)c1ccc(NC(=O)C(C)Sc2nnc3ccc4ccccc4n23)cc1. The summed E-state index contributed by atoms with van der Waals surface area (Å²) in [6.07, 6.45) is 0. The lowest BCUT2D eigenvalue weighted by Gasteiger charge is -2.13. The summed E-state index contributed by atoms with van der Waals surface area (Å²) in [5.41, 5.74) is 2.21. The third kappa shape index (κ3) is 5.18. The van der Waals surface area contributed by atoms with E-state index >= 15 is 0 Å². The number of rotatable bonds is 8. The zero-order chi connectivity index (χ0) is 23.6. The molecule has 0 aliphatic carbocycles. The maximum Gasteiger partial charge on any atom is 0.240 e. The second-order valence-electron chi connectivity index (χ2n) is 8.09. The Morgan fingerprint density at radius 3 is 2.45 bits per heavy atom. The Balaban J connectivity index is 1.46. The van der Waals surface area contributed by atoms with Gasteiger partial charge in [0.15, 0.2) is 10.8 Å². The van der Waals surface area contributed by atoms with Crippen LogP contribution in [0.3, 0.4) is 0 Å². The summed E-state index contributed by atoms with van der Waals surface area (Å²) in [5.74, 6) is -0.0109. The zero-order valence-corrected chi connectivity index (χ0v) is 20.2. The number of aromatic nitrogens is 3. The van der Waals surface area contributed by atoms with Crippen molar-refractivity contribution in [2.45, 2.75) is 36.1 Å². The molecule has 0 fully saturated rings. The van der Waals surface area contributed by atoms with Gasteiger partial charge >= 0.3 is 0 Å². The number of sulfonamides is 1. The fourth-order valence-corrected chi connectivity index (χ4v) is 5.30. The van der Waals surface area contributed by atoms with Gasteiger partial charge in [-0.15, -0.1) is 10.2 Å². The maximum atomic E-state index is 12.8. The summed E-state index contributed by atoms with van der Waals surface area (Å²) in [6, 6.07) is 17.9. The first-order valence-corrected chi connectivity index (χ1v) is 12.9. The molecule has 4 rings (SSSR count). The van der Waals surface area contributed by atoms with Crippen LogP contribution in [0.2, 0.25) is 0 Å². The van der Waals surface area contributed by atoms with Crippen LogP contribution in [0.25, 0.3) is 16.6 Å². The van der Waals surface area contributed by atoms with E-state index < -0.39 is 15.3 Å². The van der Waals surface area contributed by atoms with Crippen LogP contribution in [-0.4, -0.2) is 40.7 Å². The highest BCUT2D eigenvalue weighted by Crippen LogP contribution is 2.27. The largest absolute Gasteiger partial charge is 0.325 e. The molecule has 2 aromatic carbocycles. The first-order valence-electron chi connectivity index (χ1n) is 10.5. The average molecular weight is 484 g/mol. The lowest BCUT2D eigenvalue weighted by Crippen LogP contribution is -2.27. The molecule has 1 amide bonds. The number of nitrogens with one attached hydrogen (secondary N) is 2. The van der Waals surface area contributed by atoms with Crippen LogP contribution < -0.4 is 10.0 Å². The summed E-state index contributed by atoms with van der Waals surface area (Å²) >= 11 is 1.31. The molecule has 0 saturated carbocycles. The number of nitrogens with zero attached hydrogens (tertiary/aromatic N) is 3. The summed E-state index contributed by atoms with van der Waals surface area (Å²) in [7, 11) is -3.57. The molecule has 10 heteroatoms. The molecule has 2 N–H and O–H groups in total. The van der Waals surface area contributed by atoms with Crippen LogP contribution in [0.1, 0.15) is 20.8 Å². The second-order valence-corrected chi connectivity index (χ2v) is 11.2. The molecule has 4 aromatic rings. The van der Waals surface area contributed by atoms with Gasteiger partial charge in [0.05, 0.1) is 15.7 Å². The first kappa shape index (κ1) is 23.2. The predicted molar refractivity (Wildman–Crippen MR) is 131 cm³/mol. The first-order chi connectivity index (χ1) is 15.7. The molecule has 2 heterocycles. The van der Waals surface area contributed by atoms with E-state index in [1.54, 1.807) is 19.1 Å². The number of hydrogen-bond donors (Lipinski definition) is 2. The van der Waals surface area contributed by atoms with Crippen molar-refractivity contribution < 1.29 is 13.2 Å². The molecule has 1 unspecified atom stereocenters. The Labute approximate surface area is 196 Å². The molecule has 172 valence electrons. The molecule has 33 heavy (non-hydrogen) atoms. The molecular formula is C23H25N5O3S2. The minimum atomic E-state index is -3.57. The van der Waals surface area contributed by atoms with Crippen LogP contribution in [0.4, 0.5) is 5.69 Å². The fraction of sp³-hybridized carbons (Fsp3) is 0.261. The predicted octanol–water partition coefficient (Wildman–Crippen LogP) is 3.94. The lowest BCUT2D eigenvalue weighted by atomic mass is 10.2. The minimum absolute atomic E-state index is 0.158. The van der Waals surface area contributed by atoms with Gasteiger partial charge in [0.2, 0.25) is 15.9 Å². The van der Waals surface area contributed by atoms with E-state index in [-0.39, 0.29) is 16.7 Å². The number of pyridine rings is 1. The van der Waals surface area contributed by atoms with Crippen LogP contribution in [0, 0.1) is 5.92 Å². The lowest BCUT2D eigenvalue weighted by molar-refractivity contribution is -0.115. The third-order valence-corrected chi connectivity index (χ3v) is 7.50. The smallest absolute Gasteiger partial charge is 0.240 e. The van der Waals surface area contributed by atoms with Crippen LogP contribution in [0.15, 0.2) is 70.7 Å². The Morgan fingerprint density at radius 1 is 1.00 bits per heavy atom. The second kappa shape index (κ2) is 9.50. The molecule has 2 aromatic heterocycles. The number of carbonyl (C=O) groups excluding carboxylic acids is 1. The van der Waals surface area contributed by atoms with Crippen LogP contribution in [0.5, 0.6) is 0 Å². The number of benzene rings is 2. The van der Waals surface area contributed by atoms with E-state index in [2.05, 4.69) is 20.2 Å². The Morgan fingerprint density at radius 2 is 1.73 bits per heavy atom. The Hall–Kier alpha value is -2.95. The van der Waals surface area contributed by atoms with Gasteiger partial charge in [0, 0.05) is 12.2 Å². The monoisotopic (exact) mass is 483 g/mol. The highest BCUT2D eigenvalue weighted by atomic mass is 32.2. The third-order valence-electron chi connectivity index (χ3n) is 5.01. The van der Waals surface area contributed by atoms with Crippen LogP contribution in [-0.2, 0) is 14.8 Å². The number of fused-ring (bicyclic) bond motifs is 3. The van der Waals surface area contributed by atoms with Crippen molar-refractivity contribution in [1.82, 2.24) is 19.3 Å². The van der Waals surface area contributed by atoms with Crippen molar-refractivity contribution in [1.29, 1.82) is 0 Å². The Kier molecular flexibility index (Phi) is 6.68. The molecule has 0 aliphatic rings. The van der Waals surface area contributed by atoms with Gasteiger partial charge in [0.1, 0.15) is 0 Å². The zero-order valence-electron chi connectivity index (χ0n) is 18.5. The quantitative estimate of drug-likeness (QED) is 0.368. The van der Waals surface area contributed by atoms with E-state index in [9.17, 15) is 13.2 Å². The van der Waals surface area contributed by atoms with E-state index in [1.807, 2.05) is 54.6 Å². The van der Waals surface area contributed by atoms with Gasteiger partial charge in [-0.1, -0.05) is 43.8 Å². The summed E-state index contributed by atoms with van der Waals surface area (Å²) < 4.78 is 29.2. The minimum Gasteiger partial charge on any atom is -0.325 e. The number of carbonyl (C=O) groups is 1. The number of hydrogen-bond acceptors (Lipinski definition) is 6. The summed E-state index contributed by atoms with van der Waals surface area (Å²) in [4.78, 5) is 12.9. The van der Waals surface area contributed by atoms with Gasteiger partial charge in [-0.05, 0) is 60.7 Å². The number of anilines is 1. The highest BCUT2D eigenvalue weighted by Gasteiger charge is 2.20. The van der Waals surface area contributed by atoms with Crippen LogP contribution >= 0.6 is 11.8 Å². The van der Waals surface area contributed by atoms with E-state index in [4.69, 9.17) is 0 Å². The number of para-hydroxylation sites is 1. The van der Waals surface area contributed by atoms with Crippen molar-refractivity contribution in [3.05, 3.63) is 60.7 Å². The average Bonchev–Trinajstić information content (AvgIpc) is 3.21. The van der Waals surface area contributed by atoms with Gasteiger partial charge in [0.25, 0.3) is 0 Å². The molecule has 0 radical (unpaired) electrons. The van der Waals surface area contributed by atoms with Crippen molar-refractivity contribution >= 4 is 49.9 Å². The molecule has 0 aliphatic heterocycles. The topological polar surface area (TPSA) is 105 Å². The van der Waals surface area contributed by atoms with Gasteiger partial charge in [-0.2, -0.15) is 0 Å². The van der Waals surface area contributed by atoms with Crippen molar-refractivity contribution in [2.24, 2.45) is 5.92 Å². The van der Waals surface area contributed by atoms with Crippen molar-refractivity contribution in [2.75, 3.05) is 11.9 Å². The molecule has 0 saturated heterocycles. The van der Waals surface area contributed by atoms with Gasteiger partial charge in [-0.25, -0.2) is 13.1 Å². The maximum absolute atomic E-state index is 12.8. The number of thioether (sulfide) groups is 1. The van der Waals surface area contributed by atoms with Crippen molar-refractivity contribution in [3.63, 3.8) is 0 Å². The molecule has 0 bridgehead atoms. The molecule has 8 nitrogen and oxygen atoms in total. The normalized spacial score (nSPS) is 13.0. The van der Waals surface area contributed by atoms with Gasteiger partial charge in [-0.3, -0.25) is 9.20 Å². The van der Waals surface area contributed by atoms with E-state index in [0.717, 1.165) is 10.9 Å². The highest BCUT2D eigenvalue weighted by molar-refractivity contribution is 8.00. The number of amides is 1. The molecular weight excluding hydrogens is 458 g/mol. The summed E-state index contributed by atoms with van der Waals surface area (Å²) in [6.45, 7) is 6.03. The van der Waals surface area contributed by atoms with E-state index in [0.29, 0.717) is 23.0 Å². The molecule has 1 atom stereocenters. The molecule has 0 spiro atoms. The summed E-state index contributed by atoms with van der Waals surface area (Å²) in [5, 5.41) is 12.6. The Bertz CT molecular complexity index is 1400. The van der Waals surface area contributed by atoms with Gasteiger partial charge < -0.3 is 5.32 Å². The van der Waals surface area contributed by atoms with Crippen molar-refractivity contribution in [3.8, 4) is 0 Å².